The topological polar surface area (TPSA) is 74.3 Å². The molecule has 0 aromatic rings. The number of nitrogens with zero attached hydrogens (tertiary/aromatic N) is 1. The molecule has 1 aliphatic carbocycles. The van der Waals surface area contributed by atoms with Crippen molar-refractivity contribution in [2.45, 2.75) is 34.1 Å². The number of rotatable bonds is 6. The third kappa shape index (κ3) is 4.29. The number of amides is 2. The molecule has 8 heteroatoms. The summed E-state index contributed by atoms with van der Waals surface area (Å²) in [6, 6.07) is 0. The van der Waals surface area contributed by atoms with Crippen LogP contribution < -0.4 is 0 Å². The fourth-order valence-corrected chi connectivity index (χ4v) is 3.63. The minimum absolute atomic E-state index is 0.316. The molecule has 0 aromatic heterocycles. The summed E-state index contributed by atoms with van der Waals surface area (Å²) in [4.78, 5) is 25.8. The molecule has 0 radical (unpaired) electrons. The average molecular weight is 369 g/mol. The van der Waals surface area contributed by atoms with Crippen LogP contribution in [0.1, 0.15) is 34.1 Å². The van der Waals surface area contributed by atoms with Crippen molar-refractivity contribution in [2.24, 2.45) is 5.41 Å². The lowest BCUT2D eigenvalue weighted by Crippen LogP contribution is -2.33. The molecular weight excluding hydrogens is 345 g/mol. The van der Waals surface area contributed by atoms with E-state index in [0.29, 0.717) is 31.2 Å². The quantitative estimate of drug-likeness (QED) is 0.633. The summed E-state index contributed by atoms with van der Waals surface area (Å²) in [5.41, 5.74) is 0.0117. The van der Waals surface area contributed by atoms with E-state index in [4.69, 9.17) is 18.5 Å². The van der Waals surface area contributed by atoms with Gasteiger partial charge in [0, 0.05) is 12.5 Å². The molecular formula is C17H24NO6P. The van der Waals surface area contributed by atoms with E-state index in [2.05, 4.69) is 0 Å². The first kappa shape index (κ1) is 19.6. The summed E-state index contributed by atoms with van der Waals surface area (Å²) >= 11 is 0. The van der Waals surface area contributed by atoms with Gasteiger partial charge in [-0.25, -0.2) is 9.69 Å². The zero-order chi connectivity index (χ0) is 18.6. The van der Waals surface area contributed by atoms with Gasteiger partial charge in [0.05, 0.1) is 19.5 Å². The van der Waals surface area contributed by atoms with Gasteiger partial charge < -0.3 is 18.5 Å². The van der Waals surface area contributed by atoms with E-state index in [1.807, 2.05) is 19.9 Å². The van der Waals surface area contributed by atoms with Crippen molar-refractivity contribution in [3.63, 3.8) is 0 Å². The Morgan fingerprint density at radius 3 is 2.52 bits per heavy atom. The minimum atomic E-state index is -1.83. The number of ether oxygens (including phenoxy) is 2. The molecule has 0 N–H and O–H groups in total. The first-order valence-electron chi connectivity index (χ1n) is 8.14. The van der Waals surface area contributed by atoms with Crippen LogP contribution in [0.15, 0.2) is 35.5 Å². The third-order valence-electron chi connectivity index (χ3n) is 3.71. The van der Waals surface area contributed by atoms with Crippen LogP contribution in [0.2, 0.25) is 0 Å². The van der Waals surface area contributed by atoms with Crippen LogP contribution >= 0.6 is 8.38 Å². The third-order valence-corrected chi connectivity index (χ3v) is 5.30. The summed E-state index contributed by atoms with van der Waals surface area (Å²) in [5, 5.41) is 0. The molecule has 0 aromatic carbocycles. The van der Waals surface area contributed by atoms with Crippen molar-refractivity contribution in [3.8, 4) is 0 Å². The summed E-state index contributed by atoms with van der Waals surface area (Å²) in [6.07, 6.45) is 5.17. The van der Waals surface area contributed by atoms with Gasteiger partial charge in [-0.2, -0.15) is 0 Å². The van der Waals surface area contributed by atoms with Crippen LogP contribution in [-0.2, 0) is 18.5 Å². The molecule has 0 fully saturated rings. The molecule has 0 atom stereocenters. The normalized spacial score (nSPS) is 17.9. The Morgan fingerprint density at radius 1 is 1.28 bits per heavy atom. The Morgan fingerprint density at radius 2 is 1.92 bits per heavy atom. The highest BCUT2D eigenvalue weighted by atomic mass is 31.2. The highest BCUT2D eigenvalue weighted by Gasteiger charge is 2.42. The highest BCUT2D eigenvalue weighted by Crippen LogP contribution is 2.48. The molecule has 2 amide bonds. The molecule has 138 valence electrons. The monoisotopic (exact) mass is 369 g/mol. The number of allylic oxidation sites excluding steroid dienone is 4. The van der Waals surface area contributed by atoms with Crippen LogP contribution in [0.4, 0.5) is 9.59 Å². The summed E-state index contributed by atoms with van der Waals surface area (Å²) in [6.45, 7) is 8.07. The van der Waals surface area contributed by atoms with E-state index in [1.165, 1.54) is 13.3 Å². The lowest BCUT2D eigenvalue weighted by Gasteiger charge is -2.24. The van der Waals surface area contributed by atoms with Gasteiger partial charge in [-0.05, 0) is 31.9 Å². The Kier molecular flexibility index (Phi) is 6.38. The van der Waals surface area contributed by atoms with Crippen LogP contribution in [0.5, 0.6) is 0 Å². The zero-order valence-electron chi connectivity index (χ0n) is 15.2. The lowest BCUT2D eigenvalue weighted by molar-refractivity contribution is 0.122. The number of hydrogen-bond acceptors (Lipinski definition) is 6. The van der Waals surface area contributed by atoms with Crippen LogP contribution in [0.25, 0.3) is 0 Å². The number of carbonyl (C=O) groups excluding carboxylic acids is 2. The number of carbonyl (C=O) groups is 2. The standard InChI is InChI=1S/C17H24NO6P/c1-6-22-25(23-7-2)16(20)18(5)15(19)24-14-13-12(9-8-10-21-13)11-17(14,3)4/h8-10H,6-7,11H2,1-5H3. The van der Waals surface area contributed by atoms with Crippen molar-refractivity contribution in [1.82, 2.24) is 4.90 Å². The molecule has 1 heterocycles. The molecule has 2 aliphatic rings. The maximum absolute atomic E-state index is 12.5. The molecule has 25 heavy (non-hydrogen) atoms. The van der Waals surface area contributed by atoms with Crippen LogP contribution in [0, 0.1) is 5.41 Å². The predicted molar refractivity (Wildman–Crippen MR) is 93.5 cm³/mol. The van der Waals surface area contributed by atoms with Crippen LogP contribution in [-0.4, -0.2) is 36.9 Å². The molecule has 1 aliphatic heterocycles. The predicted octanol–water partition coefficient (Wildman–Crippen LogP) is 4.67. The molecule has 0 saturated heterocycles. The van der Waals surface area contributed by atoms with E-state index in [-0.39, 0.29) is 0 Å². The molecule has 2 rings (SSSR count). The smallest absolute Gasteiger partial charge is 0.421 e. The molecule has 0 saturated carbocycles. The minimum Gasteiger partial charge on any atom is -0.461 e. The first-order valence-corrected chi connectivity index (χ1v) is 9.32. The van der Waals surface area contributed by atoms with Crippen molar-refractivity contribution in [1.29, 1.82) is 0 Å². The first-order chi connectivity index (χ1) is 11.8. The van der Waals surface area contributed by atoms with Gasteiger partial charge in [0.25, 0.3) is 8.38 Å². The maximum atomic E-state index is 12.5. The molecule has 0 spiro atoms. The second-order valence-electron chi connectivity index (χ2n) is 6.16. The van der Waals surface area contributed by atoms with Gasteiger partial charge in [0.1, 0.15) is 0 Å². The summed E-state index contributed by atoms with van der Waals surface area (Å²) < 4.78 is 21.7. The van der Waals surface area contributed by atoms with Crippen molar-refractivity contribution >= 4 is 20.1 Å². The van der Waals surface area contributed by atoms with Gasteiger partial charge >= 0.3 is 11.7 Å². The van der Waals surface area contributed by atoms with Gasteiger partial charge in [0.2, 0.25) is 0 Å². The van der Waals surface area contributed by atoms with E-state index < -0.39 is 25.5 Å². The van der Waals surface area contributed by atoms with Gasteiger partial charge in [-0.15, -0.1) is 0 Å². The number of hydrogen-bond donors (Lipinski definition) is 0. The van der Waals surface area contributed by atoms with Gasteiger partial charge in [-0.1, -0.05) is 19.9 Å². The second kappa shape index (κ2) is 8.13. The van der Waals surface area contributed by atoms with Crippen molar-refractivity contribution < 1.29 is 28.1 Å². The summed E-state index contributed by atoms with van der Waals surface area (Å²) in [7, 11) is -0.484. The Bertz CT molecular complexity index is 631. The lowest BCUT2D eigenvalue weighted by atomic mass is 9.90. The highest BCUT2D eigenvalue weighted by molar-refractivity contribution is 7.65. The van der Waals surface area contributed by atoms with E-state index in [9.17, 15) is 9.59 Å². The number of fused-ring (bicyclic) bond motifs is 1. The summed E-state index contributed by atoms with van der Waals surface area (Å²) in [5.74, 6) is 0.962. The fourth-order valence-electron chi connectivity index (χ4n) is 2.54. The van der Waals surface area contributed by atoms with Gasteiger partial charge in [0.15, 0.2) is 11.5 Å². The number of imide groups is 1. The Balaban J connectivity index is 2.14. The van der Waals surface area contributed by atoms with E-state index in [1.54, 1.807) is 19.9 Å². The van der Waals surface area contributed by atoms with Crippen LogP contribution in [0.3, 0.4) is 0 Å². The van der Waals surface area contributed by atoms with E-state index in [0.717, 1.165) is 10.5 Å². The fraction of sp³-hybridized carbons (Fsp3) is 0.529. The van der Waals surface area contributed by atoms with Gasteiger partial charge in [-0.3, -0.25) is 4.79 Å². The molecule has 0 bridgehead atoms. The molecule has 0 unspecified atom stereocenters. The zero-order valence-corrected chi connectivity index (χ0v) is 16.1. The molecule has 7 nitrogen and oxygen atoms in total. The second-order valence-corrected chi connectivity index (χ2v) is 7.57. The largest absolute Gasteiger partial charge is 0.461 e. The van der Waals surface area contributed by atoms with E-state index >= 15 is 0 Å². The van der Waals surface area contributed by atoms with Crippen molar-refractivity contribution in [3.05, 3.63) is 35.5 Å². The maximum Gasteiger partial charge on any atom is 0.421 e. The van der Waals surface area contributed by atoms with Crippen molar-refractivity contribution in [2.75, 3.05) is 20.3 Å². The SMILES string of the molecule is CCOP(OCC)C(=O)N(C)C(=O)OC1=C2OC=CC=C2CC1(C)C. The Hall–Kier alpha value is -1.69. The average Bonchev–Trinajstić information content (AvgIpc) is 2.83. The Labute approximate surface area is 149 Å².